The molecule has 2 amide bonds. The summed E-state index contributed by atoms with van der Waals surface area (Å²) in [6.07, 6.45) is 2.06. The van der Waals surface area contributed by atoms with Gasteiger partial charge in [0.2, 0.25) is 5.91 Å². The van der Waals surface area contributed by atoms with Crippen LogP contribution in [0.2, 0.25) is 0 Å². The Balaban J connectivity index is 1.46. The molecule has 1 heterocycles. The number of nitrogens with zero attached hydrogens (tertiary/aromatic N) is 3. The normalized spacial score (nSPS) is 16.5. The first-order valence-corrected chi connectivity index (χ1v) is 11.3. The molecule has 1 aliphatic rings. The second-order valence-corrected chi connectivity index (χ2v) is 8.55. The van der Waals surface area contributed by atoms with Gasteiger partial charge in [0, 0.05) is 18.7 Å². The van der Waals surface area contributed by atoms with Gasteiger partial charge in [0.25, 0.3) is 5.91 Å². The van der Waals surface area contributed by atoms with Crippen LogP contribution in [0.3, 0.4) is 0 Å². The average molecular weight is 481 g/mol. The number of likely N-dealkylation sites (tertiary alicyclic amines) is 1. The molecule has 1 saturated heterocycles. The number of carbonyl (C=O) groups is 2. The van der Waals surface area contributed by atoms with Crippen LogP contribution in [-0.2, 0) is 4.79 Å². The maximum Gasteiger partial charge on any atom is 0.253 e. The average Bonchev–Trinajstić information content (AvgIpc) is 3.38. The Morgan fingerprint density at radius 3 is 2.14 bits per heavy atom. The molecular formula is C28H24N4O4. The predicted octanol–water partition coefficient (Wildman–Crippen LogP) is 3.74. The topological polar surface area (TPSA) is 115 Å². The molecule has 1 atom stereocenters. The summed E-state index contributed by atoms with van der Waals surface area (Å²) >= 11 is 0. The molecule has 4 rings (SSSR count). The van der Waals surface area contributed by atoms with Crippen molar-refractivity contribution in [1.82, 2.24) is 10.2 Å². The molecular weight excluding hydrogens is 456 g/mol. The van der Waals surface area contributed by atoms with Gasteiger partial charge in [-0.3, -0.25) is 14.9 Å². The Morgan fingerprint density at radius 2 is 1.56 bits per heavy atom. The van der Waals surface area contributed by atoms with E-state index in [-0.39, 0.29) is 19.1 Å². The van der Waals surface area contributed by atoms with Crippen LogP contribution in [0.1, 0.15) is 22.3 Å². The molecule has 0 aliphatic carbocycles. The Labute approximate surface area is 209 Å². The molecule has 0 spiro atoms. The van der Waals surface area contributed by atoms with Crippen molar-refractivity contribution in [2.45, 2.75) is 6.42 Å². The van der Waals surface area contributed by atoms with Crippen molar-refractivity contribution in [3.63, 3.8) is 0 Å². The number of nitriles is 2. The van der Waals surface area contributed by atoms with Crippen molar-refractivity contribution < 1.29 is 19.1 Å². The van der Waals surface area contributed by atoms with Gasteiger partial charge in [0.1, 0.15) is 23.5 Å². The highest BCUT2D eigenvalue weighted by Crippen LogP contribution is 2.33. The smallest absolute Gasteiger partial charge is 0.253 e. The number of nitrogens with one attached hydrogen (secondary N) is 1. The van der Waals surface area contributed by atoms with Crippen LogP contribution in [0.15, 0.2) is 72.8 Å². The molecule has 3 aromatic carbocycles. The fourth-order valence-electron chi connectivity index (χ4n) is 4.22. The van der Waals surface area contributed by atoms with E-state index in [2.05, 4.69) is 11.4 Å². The van der Waals surface area contributed by atoms with E-state index in [0.29, 0.717) is 35.6 Å². The number of hydrogen-bond acceptors (Lipinski definition) is 6. The molecule has 3 aromatic rings. The van der Waals surface area contributed by atoms with E-state index in [4.69, 9.17) is 20.0 Å². The predicted molar refractivity (Wildman–Crippen MR) is 132 cm³/mol. The molecule has 1 unspecified atom stereocenters. The standard InChI is InChI=1S/C28H24N4O4/c1-35-24-10-8-23(9-11-24)26(33)32-15-14-28(17-32,27(34)31-19-30)18-36-25-12-6-22(7-13-25)21-4-2-20(16-29)3-5-21/h2-13H,14-15,17-18H2,1H3,(H,31,34). The summed E-state index contributed by atoms with van der Waals surface area (Å²) in [5, 5.41) is 20.2. The number of carbonyl (C=O) groups excluding carboxylic acids is 2. The minimum Gasteiger partial charge on any atom is -0.497 e. The monoisotopic (exact) mass is 480 g/mol. The lowest BCUT2D eigenvalue weighted by Gasteiger charge is -2.27. The van der Waals surface area contributed by atoms with Crippen LogP contribution in [0.5, 0.6) is 11.5 Å². The highest BCUT2D eigenvalue weighted by Gasteiger charge is 2.47. The highest BCUT2D eigenvalue weighted by molar-refractivity contribution is 5.95. The first-order valence-electron chi connectivity index (χ1n) is 11.3. The highest BCUT2D eigenvalue weighted by atomic mass is 16.5. The second kappa shape index (κ2) is 10.6. The summed E-state index contributed by atoms with van der Waals surface area (Å²) in [5.41, 5.74) is 1.96. The number of methoxy groups -OCH3 is 1. The summed E-state index contributed by atoms with van der Waals surface area (Å²) in [5.74, 6) is 0.547. The van der Waals surface area contributed by atoms with Gasteiger partial charge in [-0.1, -0.05) is 24.3 Å². The quantitative estimate of drug-likeness (QED) is 0.407. The van der Waals surface area contributed by atoms with E-state index >= 15 is 0 Å². The largest absolute Gasteiger partial charge is 0.497 e. The number of benzene rings is 3. The zero-order valence-electron chi connectivity index (χ0n) is 19.7. The molecule has 1 aliphatic heterocycles. The lowest BCUT2D eigenvalue weighted by molar-refractivity contribution is -0.130. The van der Waals surface area contributed by atoms with E-state index in [1.165, 1.54) is 0 Å². The van der Waals surface area contributed by atoms with Gasteiger partial charge in [0.05, 0.1) is 18.7 Å². The molecule has 0 radical (unpaired) electrons. The van der Waals surface area contributed by atoms with E-state index in [0.717, 1.165) is 11.1 Å². The molecule has 0 saturated carbocycles. The Kier molecular flexibility index (Phi) is 7.17. The van der Waals surface area contributed by atoms with Crippen molar-refractivity contribution in [2.75, 3.05) is 26.8 Å². The minimum atomic E-state index is -1.05. The van der Waals surface area contributed by atoms with Crippen molar-refractivity contribution in [3.8, 4) is 34.9 Å². The summed E-state index contributed by atoms with van der Waals surface area (Å²) in [7, 11) is 1.56. The summed E-state index contributed by atoms with van der Waals surface area (Å²) < 4.78 is 11.1. The van der Waals surface area contributed by atoms with Gasteiger partial charge >= 0.3 is 0 Å². The molecule has 180 valence electrons. The molecule has 0 bridgehead atoms. The van der Waals surface area contributed by atoms with Crippen LogP contribution < -0.4 is 14.8 Å². The van der Waals surface area contributed by atoms with Gasteiger partial charge in [-0.05, 0) is 66.1 Å². The van der Waals surface area contributed by atoms with Crippen LogP contribution in [0.4, 0.5) is 0 Å². The number of rotatable bonds is 7. The Bertz CT molecular complexity index is 1320. The van der Waals surface area contributed by atoms with Crippen LogP contribution in [0, 0.1) is 28.2 Å². The van der Waals surface area contributed by atoms with E-state index < -0.39 is 11.3 Å². The van der Waals surface area contributed by atoms with Gasteiger partial charge in [-0.15, -0.1) is 0 Å². The fraction of sp³-hybridized carbons (Fsp3) is 0.214. The van der Waals surface area contributed by atoms with E-state index in [9.17, 15) is 9.59 Å². The Hall–Kier alpha value is -4.82. The van der Waals surface area contributed by atoms with Crippen molar-refractivity contribution in [1.29, 1.82) is 10.5 Å². The third kappa shape index (κ3) is 5.13. The van der Waals surface area contributed by atoms with Gasteiger partial charge < -0.3 is 14.4 Å². The zero-order chi connectivity index (χ0) is 25.5. The number of amides is 2. The van der Waals surface area contributed by atoms with Crippen molar-refractivity contribution in [2.24, 2.45) is 5.41 Å². The minimum absolute atomic E-state index is 0.0170. The third-order valence-electron chi connectivity index (χ3n) is 6.35. The van der Waals surface area contributed by atoms with Crippen molar-refractivity contribution in [3.05, 3.63) is 83.9 Å². The fourth-order valence-corrected chi connectivity index (χ4v) is 4.22. The van der Waals surface area contributed by atoms with E-state index in [1.807, 2.05) is 24.3 Å². The number of ether oxygens (including phenoxy) is 2. The summed E-state index contributed by atoms with van der Waals surface area (Å²) in [4.78, 5) is 27.5. The van der Waals surface area contributed by atoms with Crippen molar-refractivity contribution >= 4 is 11.8 Å². The molecule has 8 nitrogen and oxygen atoms in total. The van der Waals surface area contributed by atoms with Gasteiger partial charge in [-0.25, -0.2) is 0 Å². The molecule has 8 heteroatoms. The molecule has 36 heavy (non-hydrogen) atoms. The summed E-state index contributed by atoms with van der Waals surface area (Å²) in [6.45, 7) is 0.516. The summed E-state index contributed by atoms with van der Waals surface area (Å²) in [6, 6.07) is 23.6. The first-order chi connectivity index (χ1) is 17.5. The zero-order valence-corrected chi connectivity index (χ0v) is 19.7. The molecule has 1 fully saturated rings. The lowest BCUT2D eigenvalue weighted by Crippen LogP contribution is -2.46. The van der Waals surface area contributed by atoms with Crippen LogP contribution >= 0.6 is 0 Å². The van der Waals surface area contributed by atoms with E-state index in [1.54, 1.807) is 66.7 Å². The third-order valence-corrected chi connectivity index (χ3v) is 6.35. The van der Waals surface area contributed by atoms with Gasteiger partial charge in [-0.2, -0.15) is 10.5 Å². The Morgan fingerprint density at radius 1 is 0.944 bits per heavy atom. The maximum absolute atomic E-state index is 13.0. The first kappa shape index (κ1) is 24.3. The maximum atomic E-state index is 13.0. The van der Waals surface area contributed by atoms with Gasteiger partial charge in [0.15, 0.2) is 6.19 Å². The second-order valence-electron chi connectivity index (χ2n) is 8.55. The number of hydrogen-bond donors (Lipinski definition) is 1. The van der Waals surface area contributed by atoms with Crippen LogP contribution in [0.25, 0.3) is 11.1 Å². The molecule has 0 aromatic heterocycles. The molecule has 1 N–H and O–H groups in total. The lowest BCUT2D eigenvalue weighted by atomic mass is 9.87. The van der Waals surface area contributed by atoms with Crippen LogP contribution in [-0.4, -0.2) is 43.5 Å². The SMILES string of the molecule is COc1ccc(C(=O)N2CCC(COc3ccc(-c4ccc(C#N)cc4)cc3)(C(=O)NC#N)C2)cc1.